The highest BCUT2D eigenvalue weighted by molar-refractivity contribution is 5.18. The minimum atomic E-state index is 0.108. The molecule has 4 atom stereocenters. The van der Waals surface area contributed by atoms with Crippen LogP contribution in [0.5, 0.6) is 0 Å². The van der Waals surface area contributed by atoms with Crippen molar-refractivity contribution in [1.82, 2.24) is 0 Å². The highest BCUT2D eigenvalue weighted by Gasteiger charge is 2.53. The predicted molar refractivity (Wildman–Crippen MR) is 68.2 cm³/mol. The van der Waals surface area contributed by atoms with Crippen LogP contribution in [0, 0.1) is 22.7 Å². The highest BCUT2D eigenvalue weighted by atomic mass is 16.3. The van der Waals surface area contributed by atoms with Gasteiger partial charge in [-0.25, -0.2) is 0 Å². The van der Waals surface area contributed by atoms with E-state index in [-0.39, 0.29) is 5.41 Å². The fourth-order valence-corrected chi connectivity index (χ4v) is 4.23. The van der Waals surface area contributed by atoms with Gasteiger partial charge in [0, 0.05) is 6.61 Å². The second-order valence-corrected chi connectivity index (χ2v) is 6.57. The standard InChI is InChI=1S/C15H26O/c1-11-6-5-7-13-14(11,3)9-8-12(2)15(13,4)10-16/h12-13,16H,1,5-10H2,2-4H3/t12-,13+,14-,15+/m1/s1. The van der Waals surface area contributed by atoms with E-state index in [2.05, 4.69) is 27.4 Å². The van der Waals surface area contributed by atoms with Gasteiger partial charge in [0.2, 0.25) is 0 Å². The summed E-state index contributed by atoms with van der Waals surface area (Å²) in [4.78, 5) is 0. The maximum atomic E-state index is 9.83. The van der Waals surface area contributed by atoms with Crippen molar-refractivity contribution >= 4 is 0 Å². The molecule has 0 unspecified atom stereocenters. The molecule has 0 spiro atoms. The summed E-state index contributed by atoms with van der Waals surface area (Å²) in [6.45, 7) is 11.6. The van der Waals surface area contributed by atoms with Gasteiger partial charge >= 0.3 is 0 Å². The van der Waals surface area contributed by atoms with Gasteiger partial charge in [-0.05, 0) is 54.8 Å². The number of rotatable bonds is 1. The summed E-state index contributed by atoms with van der Waals surface area (Å²) in [6, 6.07) is 0. The van der Waals surface area contributed by atoms with Crippen LogP contribution in [0.1, 0.15) is 52.9 Å². The first kappa shape index (κ1) is 12.2. The molecular weight excluding hydrogens is 196 g/mol. The number of hydrogen-bond acceptors (Lipinski definition) is 1. The molecule has 2 saturated carbocycles. The molecule has 0 amide bonds. The van der Waals surface area contributed by atoms with Crippen LogP contribution in [0.15, 0.2) is 12.2 Å². The smallest absolute Gasteiger partial charge is 0.0490 e. The Morgan fingerprint density at radius 3 is 2.69 bits per heavy atom. The normalized spacial score (nSPS) is 48.9. The Labute approximate surface area is 99.9 Å². The first-order valence-electron chi connectivity index (χ1n) is 6.74. The number of aliphatic hydroxyl groups excluding tert-OH is 1. The van der Waals surface area contributed by atoms with Gasteiger partial charge in [-0.2, -0.15) is 0 Å². The molecule has 1 N–H and O–H groups in total. The monoisotopic (exact) mass is 222 g/mol. The molecule has 1 heteroatoms. The van der Waals surface area contributed by atoms with Crippen LogP contribution >= 0.6 is 0 Å². The molecule has 0 radical (unpaired) electrons. The summed E-state index contributed by atoms with van der Waals surface area (Å²) < 4.78 is 0. The van der Waals surface area contributed by atoms with Gasteiger partial charge in [0.15, 0.2) is 0 Å². The Balaban J connectivity index is 2.37. The number of hydrogen-bond donors (Lipinski definition) is 1. The maximum Gasteiger partial charge on any atom is 0.0490 e. The third-order valence-corrected chi connectivity index (χ3v) is 5.91. The number of fused-ring (bicyclic) bond motifs is 1. The summed E-state index contributed by atoms with van der Waals surface area (Å²) in [6.07, 6.45) is 6.25. The summed E-state index contributed by atoms with van der Waals surface area (Å²) in [5.41, 5.74) is 1.84. The van der Waals surface area contributed by atoms with Crippen molar-refractivity contribution in [2.45, 2.75) is 52.9 Å². The molecular formula is C15H26O. The molecule has 1 nitrogen and oxygen atoms in total. The van der Waals surface area contributed by atoms with Crippen LogP contribution in [0.3, 0.4) is 0 Å². The van der Waals surface area contributed by atoms with E-state index in [1.54, 1.807) is 0 Å². The van der Waals surface area contributed by atoms with Crippen molar-refractivity contribution in [2.75, 3.05) is 6.61 Å². The van der Waals surface area contributed by atoms with Crippen molar-refractivity contribution in [2.24, 2.45) is 22.7 Å². The van der Waals surface area contributed by atoms with E-state index < -0.39 is 0 Å². The van der Waals surface area contributed by atoms with E-state index in [1.165, 1.54) is 37.7 Å². The molecule has 0 aliphatic heterocycles. The first-order valence-corrected chi connectivity index (χ1v) is 6.74. The van der Waals surface area contributed by atoms with Crippen LogP contribution in [0.25, 0.3) is 0 Å². The highest BCUT2D eigenvalue weighted by Crippen LogP contribution is 2.60. The summed E-state index contributed by atoms with van der Waals surface area (Å²) >= 11 is 0. The Kier molecular flexibility index (Phi) is 2.94. The van der Waals surface area contributed by atoms with Gasteiger partial charge in [-0.15, -0.1) is 0 Å². The third-order valence-electron chi connectivity index (χ3n) is 5.91. The zero-order chi connectivity index (χ0) is 12.0. The molecule has 2 fully saturated rings. The van der Waals surface area contributed by atoms with E-state index in [0.717, 1.165) is 0 Å². The van der Waals surface area contributed by atoms with Crippen molar-refractivity contribution in [3.63, 3.8) is 0 Å². The zero-order valence-corrected chi connectivity index (χ0v) is 11.1. The molecule has 0 aromatic heterocycles. The van der Waals surface area contributed by atoms with Gasteiger partial charge in [-0.3, -0.25) is 0 Å². The van der Waals surface area contributed by atoms with Crippen molar-refractivity contribution in [3.05, 3.63) is 12.2 Å². The lowest BCUT2D eigenvalue weighted by atomic mass is 9.47. The summed E-state index contributed by atoms with van der Waals surface area (Å²) in [5.74, 6) is 1.27. The summed E-state index contributed by atoms with van der Waals surface area (Å²) in [7, 11) is 0. The topological polar surface area (TPSA) is 20.2 Å². The van der Waals surface area contributed by atoms with E-state index in [1.807, 2.05) is 0 Å². The molecule has 2 aliphatic rings. The Bertz CT molecular complexity index is 296. The Morgan fingerprint density at radius 2 is 2.06 bits per heavy atom. The van der Waals surface area contributed by atoms with Gasteiger partial charge in [0.05, 0.1) is 0 Å². The predicted octanol–water partition coefficient (Wildman–Crippen LogP) is 3.78. The van der Waals surface area contributed by atoms with Crippen LogP contribution in [-0.4, -0.2) is 11.7 Å². The Morgan fingerprint density at radius 1 is 1.38 bits per heavy atom. The minimum Gasteiger partial charge on any atom is -0.396 e. The maximum absolute atomic E-state index is 9.83. The van der Waals surface area contributed by atoms with Gasteiger partial charge in [0.25, 0.3) is 0 Å². The lowest BCUT2D eigenvalue weighted by Gasteiger charge is -2.58. The molecule has 0 aromatic rings. The number of allylic oxidation sites excluding steroid dienone is 1. The average molecular weight is 222 g/mol. The molecule has 0 heterocycles. The van der Waals surface area contributed by atoms with E-state index >= 15 is 0 Å². The third kappa shape index (κ3) is 1.48. The molecule has 92 valence electrons. The molecule has 0 bridgehead atoms. The lowest BCUT2D eigenvalue weighted by Crippen LogP contribution is -2.51. The van der Waals surface area contributed by atoms with Gasteiger partial charge < -0.3 is 5.11 Å². The van der Waals surface area contributed by atoms with Crippen LogP contribution in [0.2, 0.25) is 0 Å². The first-order chi connectivity index (χ1) is 7.45. The van der Waals surface area contributed by atoms with Crippen molar-refractivity contribution in [3.8, 4) is 0 Å². The van der Waals surface area contributed by atoms with Crippen molar-refractivity contribution in [1.29, 1.82) is 0 Å². The fraction of sp³-hybridized carbons (Fsp3) is 0.867. The largest absolute Gasteiger partial charge is 0.396 e. The molecule has 2 rings (SSSR count). The lowest BCUT2D eigenvalue weighted by molar-refractivity contribution is -0.0800. The molecule has 0 saturated heterocycles. The average Bonchev–Trinajstić information content (AvgIpc) is 2.27. The molecule has 16 heavy (non-hydrogen) atoms. The van der Waals surface area contributed by atoms with Crippen LogP contribution in [0.4, 0.5) is 0 Å². The van der Waals surface area contributed by atoms with Crippen molar-refractivity contribution < 1.29 is 5.11 Å². The SMILES string of the molecule is C=C1CCC[C@@H]2[C@@](C)(CO)[C@H](C)CC[C@]12C. The van der Waals surface area contributed by atoms with E-state index in [0.29, 0.717) is 23.9 Å². The second-order valence-electron chi connectivity index (χ2n) is 6.57. The van der Waals surface area contributed by atoms with E-state index in [9.17, 15) is 5.11 Å². The van der Waals surface area contributed by atoms with Gasteiger partial charge in [0.1, 0.15) is 0 Å². The fourth-order valence-electron chi connectivity index (χ4n) is 4.23. The molecule has 2 aliphatic carbocycles. The van der Waals surface area contributed by atoms with Gasteiger partial charge in [-0.1, -0.05) is 32.9 Å². The number of aliphatic hydroxyl groups is 1. The van der Waals surface area contributed by atoms with Crippen LogP contribution < -0.4 is 0 Å². The van der Waals surface area contributed by atoms with Crippen LogP contribution in [-0.2, 0) is 0 Å². The quantitative estimate of drug-likeness (QED) is 0.669. The summed E-state index contributed by atoms with van der Waals surface area (Å²) in [5, 5.41) is 9.83. The van der Waals surface area contributed by atoms with E-state index in [4.69, 9.17) is 0 Å². The minimum absolute atomic E-state index is 0.108. The second kappa shape index (κ2) is 3.87. The Hall–Kier alpha value is -0.300. The molecule has 0 aromatic carbocycles. The zero-order valence-electron chi connectivity index (χ0n) is 11.1.